The molecule has 0 aromatic carbocycles. The van der Waals surface area contributed by atoms with Crippen molar-refractivity contribution < 1.29 is 4.79 Å². The summed E-state index contributed by atoms with van der Waals surface area (Å²) in [4.78, 5) is 20.5. The number of nitrogens with zero attached hydrogens (tertiary/aromatic N) is 3. The Balaban J connectivity index is 0.00000242. The lowest BCUT2D eigenvalue weighted by Crippen LogP contribution is -2.52. The van der Waals surface area contributed by atoms with E-state index in [-0.39, 0.29) is 35.3 Å². The van der Waals surface area contributed by atoms with Crippen LogP contribution in [0.5, 0.6) is 0 Å². The number of carbonyl (C=O) groups excluding carboxylic acids is 1. The zero-order chi connectivity index (χ0) is 15.5. The van der Waals surface area contributed by atoms with E-state index >= 15 is 0 Å². The number of amides is 1. The summed E-state index contributed by atoms with van der Waals surface area (Å²) >= 11 is 0. The maximum atomic E-state index is 11.6. The molecule has 0 bridgehead atoms. The molecule has 1 amide bonds. The predicted octanol–water partition coefficient (Wildman–Crippen LogP) is 0.732. The van der Waals surface area contributed by atoms with E-state index in [2.05, 4.69) is 46.4 Å². The van der Waals surface area contributed by atoms with Crippen molar-refractivity contribution in [3.63, 3.8) is 0 Å². The number of guanidine groups is 1. The van der Waals surface area contributed by atoms with Gasteiger partial charge in [-0.25, -0.2) is 0 Å². The number of likely N-dealkylation sites (N-methyl/N-ethyl adjacent to an activating group) is 1. The van der Waals surface area contributed by atoms with Gasteiger partial charge < -0.3 is 20.4 Å². The monoisotopic (exact) mass is 423 g/mol. The van der Waals surface area contributed by atoms with Gasteiger partial charge >= 0.3 is 0 Å². The number of hydrogen-bond donors (Lipinski definition) is 2. The molecule has 6 nitrogen and oxygen atoms in total. The third-order valence-electron chi connectivity index (χ3n) is 4.81. The Bertz CT molecular complexity index is 415. The second-order valence-electron chi connectivity index (χ2n) is 6.72. The van der Waals surface area contributed by atoms with Crippen molar-refractivity contribution >= 4 is 35.8 Å². The first-order valence-corrected chi connectivity index (χ1v) is 7.84. The van der Waals surface area contributed by atoms with Crippen molar-refractivity contribution in [3.05, 3.63) is 0 Å². The minimum atomic E-state index is 0. The maximum absolute atomic E-state index is 11.6. The summed E-state index contributed by atoms with van der Waals surface area (Å²) < 4.78 is 0. The van der Waals surface area contributed by atoms with Crippen molar-refractivity contribution in [3.8, 4) is 0 Å². The number of aliphatic imine (C=N–C) groups is 1. The SMILES string of the molecule is CN=C(NCC(C)N(C)C)N1CCCC2(CNC(=O)C2)C1.I. The lowest BCUT2D eigenvalue weighted by Gasteiger charge is -2.41. The zero-order valence-electron chi connectivity index (χ0n) is 14.2. The van der Waals surface area contributed by atoms with Gasteiger partial charge in [-0.1, -0.05) is 0 Å². The van der Waals surface area contributed by atoms with Crippen LogP contribution in [0.25, 0.3) is 0 Å². The molecule has 0 radical (unpaired) electrons. The Kier molecular flexibility index (Phi) is 7.37. The second-order valence-corrected chi connectivity index (χ2v) is 6.72. The normalized spacial score (nSPS) is 26.9. The van der Waals surface area contributed by atoms with Crippen molar-refractivity contribution in [2.45, 2.75) is 32.2 Å². The molecule has 22 heavy (non-hydrogen) atoms. The average Bonchev–Trinajstić information content (AvgIpc) is 2.80. The van der Waals surface area contributed by atoms with E-state index in [4.69, 9.17) is 0 Å². The summed E-state index contributed by atoms with van der Waals surface area (Å²) in [5, 5.41) is 6.46. The summed E-state index contributed by atoms with van der Waals surface area (Å²) in [5.74, 6) is 1.16. The molecule has 2 unspecified atom stereocenters. The Morgan fingerprint density at radius 2 is 2.27 bits per heavy atom. The first-order chi connectivity index (χ1) is 9.96. The molecule has 7 heteroatoms. The molecular formula is C15H30IN5O. The highest BCUT2D eigenvalue weighted by molar-refractivity contribution is 14.0. The summed E-state index contributed by atoms with van der Waals surface area (Å²) in [6, 6.07) is 0.454. The molecule has 2 aliphatic heterocycles. The Morgan fingerprint density at radius 3 is 2.82 bits per heavy atom. The molecule has 2 N–H and O–H groups in total. The Labute approximate surface area is 151 Å². The predicted molar refractivity (Wildman–Crippen MR) is 101 cm³/mol. The van der Waals surface area contributed by atoms with Crippen LogP contribution in [0.15, 0.2) is 4.99 Å². The molecule has 2 rings (SSSR count). The van der Waals surface area contributed by atoms with Gasteiger partial charge in [-0.05, 0) is 33.9 Å². The van der Waals surface area contributed by atoms with Crippen LogP contribution in [0.3, 0.4) is 0 Å². The smallest absolute Gasteiger partial charge is 0.220 e. The minimum Gasteiger partial charge on any atom is -0.355 e. The lowest BCUT2D eigenvalue weighted by molar-refractivity contribution is -0.119. The summed E-state index contributed by atoms with van der Waals surface area (Å²) in [7, 11) is 6.00. The topological polar surface area (TPSA) is 60.0 Å². The molecule has 128 valence electrons. The zero-order valence-corrected chi connectivity index (χ0v) is 16.5. The quantitative estimate of drug-likeness (QED) is 0.399. The van der Waals surface area contributed by atoms with Gasteiger partial charge in [-0.3, -0.25) is 9.79 Å². The van der Waals surface area contributed by atoms with E-state index in [0.717, 1.165) is 45.0 Å². The van der Waals surface area contributed by atoms with Gasteiger partial charge in [0.05, 0.1) is 0 Å². The van der Waals surface area contributed by atoms with E-state index in [1.807, 2.05) is 7.05 Å². The number of piperidine rings is 1. The maximum Gasteiger partial charge on any atom is 0.220 e. The molecule has 0 saturated carbocycles. The van der Waals surface area contributed by atoms with E-state index in [9.17, 15) is 4.79 Å². The van der Waals surface area contributed by atoms with Gasteiger partial charge in [0.15, 0.2) is 5.96 Å². The standard InChI is InChI=1S/C15H29N5O.HI/c1-12(19(3)4)9-17-14(16-2)20-7-5-6-15(11-20)8-13(21)18-10-15;/h12H,5-11H2,1-4H3,(H,16,17)(H,18,21);1H. The molecular weight excluding hydrogens is 393 g/mol. The first-order valence-electron chi connectivity index (χ1n) is 7.84. The molecule has 2 atom stereocenters. The summed E-state index contributed by atoms with van der Waals surface area (Å²) in [6.45, 7) is 5.82. The van der Waals surface area contributed by atoms with E-state index in [1.165, 1.54) is 0 Å². The molecule has 0 aromatic rings. The number of hydrogen-bond acceptors (Lipinski definition) is 3. The van der Waals surface area contributed by atoms with Gasteiger partial charge in [0.25, 0.3) is 0 Å². The fraction of sp³-hybridized carbons (Fsp3) is 0.867. The third-order valence-corrected chi connectivity index (χ3v) is 4.81. The largest absolute Gasteiger partial charge is 0.355 e. The van der Waals surface area contributed by atoms with Crippen LogP contribution < -0.4 is 10.6 Å². The average molecular weight is 423 g/mol. The highest BCUT2D eigenvalue weighted by Gasteiger charge is 2.42. The summed E-state index contributed by atoms with van der Waals surface area (Å²) in [5.41, 5.74) is 0.111. The number of carbonyl (C=O) groups is 1. The molecule has 2 saturated heterocycles. The number of rotatable bonds is 3. The van der Waals surface area contributed by atoms with Crippen LogP contribution in [0, 0.1) is 5.41 Å². The number of halogens is 1. The molecule has 1 spiro atoms. The van der Waals surface area contributed by atoms with Crippen LogP contribution in [-0.4, -0.2) is 75.0 Å². The van der Waals surface area contributed by atoms with Crippen LogP contribution in [-0.2, 0) is 4.79 Å². The highest BCUT2D eigenvalue weighted by atomic mass is 127. The number of nitrogens with one attached hydrogen (secondary N) is 2. The number of likely N-dealkylation sites (tertiary alicyclic amines) is 1. The molecule has 0 aliphatic carbocycles. The lowest BCUT2D eigenvalue weighted by atomic mass is 9.79. The van der Waals surface area contributed by atoms with Crippen molar-refractivity contribution in [1.29, 1.82) is 0 Å². The fourth-order valence-corrected chi connectivity index (χ4v) is 3.18. The fourth-order valence-electron chi connectivity index (χ4n) is 3.18. The van der Waals surface area contributed by atoms with Gasteiger partial charge in [0.2, 0.25) is 5.91 Å². The highest BCUT2D eigenvalue weighted by Crippen LogP contribution is 2.35. The summed E-state index contributed by atoms with van der Waals surface area (Å²) in [6.07, 6.45) is 2.92. The molecule has 2 fully saturated rings. The second kappa shape index (κ2) is 8.33. The van der Waals surface area contributed by atoms with Crippen molar-refractivity contribution in [2.75, 3.05) is 47.3 Å². The van der Waals surface area contributed by atoms with Crippen LogP contribution in [0.1, 0.15) is 26.2 Å². The van der Waals surface area contributed by atoms with Crippen molar-refractivity contribution in [2.24, 2.45) is 10.4 Å². The molecule has 2 aliphatic rings. The van der Waals surface area contributed by atoms with Gasteiger partial charge in [-0.2, -0.15) is 0 Å². The minimum absolute atomic E-state index is 0. The van der Waals surface area contributed by atoms with Gasteiger partial charge in [0.1, 0.15) is 0 Å². The van der Waals surface area contributed by atoms with Gasteiger partial charge in [0, 0.05) is 51.1 Å². The van der Waals surface area contributed by atoms with Crippen LogP contribution >= 0.6 is 24.0 Å². The Hall–Kier alpha value is -0.570. The van der Waals surface area contributed by atoms with E-state index in [0.29, 0.717) is 12.5 Å². The van der Waals surface area contributed by atoms with Crippen molar-refractivity contribution in [1.82, 2.24) is 20.4 Å². The molecule has 0 aromatic heterocycles. The van der Waals surface area contributed by atoms with Gasteiger partial charge in [-0.15, -0.1) is 24.0 Å². The van der Waals surface area contributed by atoms with E-state index < -0.39 is 0 Å². The molecule has 2 heterocycles. The van der Waals surface area contributed by atoms with Crippen LogP contribution in [0.2, 0.25) is 0 Å². The Morgan fingerprint density at radius 1 is 1.55 bits per heavy atom. The van der Waals surface area contributed by atoms with Crippen LogP contribution in [0.4, 0.5) is 0 Å². The van der Waals surface area contributed by atoms with E-state index in [1.54, 1.807) is 0 Å². The first kappa shape index (κ1) is 19.5. The third kappa shape index (κ3) is 4.71.